The average molecular weight is 281 g/mol. The van der Waals surface area contributed by atoms with E-state index in [0.717, 1.165) is 11.6 Å². The first kappa shape index (κ1) is 15.6. The minimum absolute atomic E-state index is 0.0822. The van der Waals surface area contributed by atoms with Crippen LogP contribution < -0.4 is 0 Å². The van der Waals surface area contributed by atoms with Gasteiger partial charge in [0.1, 0.15) is 11.8 Å². The molecule has 1 saturated heterocycles. The van der Waals surface area contributed by atoms with Gasteiger partial charge < -0.3 is 0 Å². The van der Waals surface area contributed by atoms with Gasteiger partial charge in [-0.2, -0.15) is 0 Å². The summed E-state index contributed by atoms with van der Waals surface area (Å²) in [5.74, 6) is 1.04. The summed E-state index contributed by atoms with van der Waals surface area (Å²) < 4.78 is 0. The van der Waals surface area contributed by atoms with Crippen LogP contribution in [-0.4, -0.2) is 18.1 Å². The molecular weight excluding hydrogens is 247 g/mol. The Bertz CT molecular complexity index is 248. The van der Waals surface area contributed by atoms with E-state index in [-0.39, 0.29) is 7.55 Å². The first-order valence-electron chi connectivity index (χ1n) is 8.95. The Morgan fingerprint density at radius 3 is 1.68 bits per heavy atom. The Morgan fingerprint density at radius 1 is 0.579 bits per heavy atom. The predicted octanol–water partition coefficient (Wildman–Crippen LogP) is 6.37. The molecule has 0 bridgehead atoms. The molecule has 19 heavy (non-hydrogen) atoms. The van der Waals surface area contributed by atoms with Crippen LogP contribution in [0.5, 0.6) is 0 Å². The van der Waals surface area contributed by atoms with Crippen LogP contribution in [0.15, 0.2) is 0 Å². The molecule has 2 aliphatic rings. The maximum atomic E-state index is 4.64. The molecule has 0 aromatic heterocycles. The van der Waals surface area contributed by atoms with Gasteiger partial charge in [-0.3, -0.25) is 0 Å². The minimum atomic E-state index is 0.0822. The Hall–Kier alpha value is 0.170. The van der Waals surface area contributed by atoms with Gasteiger partial charge in [0, 0.05) is 5.92 Å². The van der Waals surface area contributed by atoms with Crippen LogP contribution in [0, 0.1) is 5.92 Å². The van der Waals surface area contributed by atoms with E-state index in [0.29, 0.717) is 0 Å². The molecule has 2 atom stereocenters. The van der Waals surface area contributed by atoms with E-state index in [4.69, 9.17) is 0 Å². The maximum absolute atomic E-state index is 4.64. The van der Waals surface area contributed by atoms with Gasteiger partial charge in [0.25, 0.3) is 0 Å². The van der Waals surface area contributed by atoms with Gasteiger partial charge in [0.15, 0.2) is 0 Å². The summed E-state index contributed by atoms with van der Waals surface area (Å²) in [7, 11) is 0.0822. The molecule has 0 nitrogen and oxygen atoms in total. The van der Waals surface area contributed by atoms with Crippen LogP contribution in [0.1, 0.15) is 89.9 Å². The van der Waals surface area contributed by atoms with Crippen LogP contribution in [0.4, 0.5) is 0 Å². The van der Waals surface area contributed by atoms with Crippen molar-refractivity contribution in [3.63, 3.8) is 0 Å². The average Bonchev–Trinajstić information content (AvgIpc) is 2.60. The Labute approximate surface area is 122 Å². The fourth-order valence-corrected chi connectivity index (χ4v) is 6.53. The highest BCUT2D eigenvalue weighted by molar-refractivity contribution is 7.56. The Kier molecular flexibility index (Phi) is 7.51. The quantitative estimate of drug-likeness (QED) is 0.490. The molecule has 2 rings (SSSR count). The van der Waals surface area contributed by atoms with Crippen molar-refractivity contribution < 1.29 is 0 Å². The topological polar surface area (TPSA) is 0 Å². The number of hydrogen-bond donors (Lipinski definition) is 0. The summed E-state index contributed by atoms with van der Waals surface area (Å²) in [5, 5.41) is 0. The second-order valence-electron chi connectivity index (χ2n) is 6.89. The molecular formula is C18H34P+. The summed E-state index contributed by atoms with van der Waals surface area (Å²) in [4.78, 5) is 0. The molecule has 0 amide bonds. The molecule has 2 fully saturated rings. The monoisotopic (exact) mass is 281 g/mol. The third kappa shape index (κ3) is 5.58. The fraction of sp³-hybridized carbons (Fsp3) is 0.944. The molecule has 0 radical (unpaired) electrons. The van der Waals surface area contributed by atoms with E-state index in [1.54, 1.807) is 0 Å². The molecule has 0 spiro atoms. The lowest BCUT2D eigenvalue weighted by Gasteiger charge is -2.22. The van der Waals surface area contributed by atoms with Crippen LogP contribution in [0.3, 0.4) is 0 Å². The van der Waals surface area contributed by atoms with E-state index in [2.05, 4.69) is 6.30 Å². The largest absolute Gasteiger partial charge is 0.119 e. The standard InChI is InChI=1S/C18H34P/c1-19-16-12-8-4-7-11-15-18(19)17-13-9-5-2-3-6-10-14-17/h17-18H,1-16H2/q+1. The highest BCUT2D eigenvalue weighted by Crippen LogP contribution is 2.42. The Balaban J connectivity index is 1.94. The van der Waals surface area contributed by atoms with E-state index >= 15 is 0 Å². The molecule has 1 aliphatic carbocycles. The fourth-order valence-electron chi connectivity index (χ4n) is 4.13. The van der Waals surface area contributed by atoms with Crippen molar-refractivity contribution in [3.05, 3.63) is 0 Å². The lowest BCUT2D eigenvalue weighted by Crippen LogP contribution is -2.18. The SMILES string of the molecule is C=[P+]1CCCCCCCC1C1CCCCCCCC1. The maximum Gasteiger partial charge on any atom is 0.119 e. The smallest absolute Gasteiger partial charge is 0.0533 e. The third-order valence-corrected chi connectivity index (χ3v) is 7.87. The first-order chi connectivity index (χ1) is 9.38. The van der Waals surface area contributed by atoms with Gasteiger partial charge in [-0.25, -0.2) is 0 Å². The molecule has 0 aromatic carbocycles. The predicted molar refractivity (Wildman–Crippen MR) is 90.8 cm³/mol. The van der Waals surface area contributed by atoms with E-state index in [1.165, 1.54) is 96.1 Å². The normalized spacial score (nSPS) is 31.4. The molecule has 2 unspecified atom stereocenters. The zero-order chi connectivity index (χ0) is 13.3. The Morgan fingerprint density at radius 2 is 1.05 bits per heavy atom. The van der Waals surface area contributed by atoms with Crippen LogP contribution in [0.25, 0.3) is 0 Å². The van der Waals surface area contributed by atoms with Crippen molar-refractivity contribution in [1.29, 1.82) is 0 Å². The van der Waals surface area contributed by atoms with E-state index < -0.39 is 0 Å². The summed E-state index contributed by atoms with van der Waals surface area (Å²) in [6.45, 7) is 0. The highest BCUT2D eigenvalue weighted by atomic mass is 31.1. The summed E-state index contributed by atoms with van der Waals surface area (Å²) in [6.07, 6.45) is 27.1. The van der Waals surface area contributed by atoms with Crippen molar-refractivity contribution in [2.24, 2.45) is 5.92 Å². The molecule has 1 saturated carbocycles. The van der Waals surface area contributed by atoms with Gasteiger partial charge in [0.2, 0.25) is 0 Å². The third-order valence-electron chi connectivity index (χ3n) is 5.36. The molecule has 110 valence electrons. The highest BCUT2D eigenvalue weighted by Gasteiger charge is 2.31. The summed E-state index contributed by atoms with van der Waals surface area (Å²) in [5.41, 5.74) is 1.02. The molecule has 0 aromatic rings. The van der Waals surface area contributed by atoms with Crippen LogP contribution >= 0.6 is 7.55 Å². The number of rotatable bonds is 1. The van der Waals surface area contributed by atoms with Crippen molar-refractivity contribution in [2.45, 2.75) is 95.6 Å². The molecule has 1 heterocycles. The zero-order valence-electron chi connectivity index (χ0n) is 12.9. The summed E-state index contributed by atoms with van der Waals surface area (Å²) in [6, 6.07) is 0. The van der Waals surface area contributed by atoms with Gasteiger partial charge in [-0.1, -0.05) is 51.4 Å². The lowest BCUT2D eigenvalue weighted by molar-refractivity contribution is 0.392. The van der Waals surface area contributed by atoms with E-state index in [9.17, 15) is 0 Å². The lowest BCUT2D eigenvalue weighted by atomic mass is 9.90. The van der Waals surface area contributed by atoms with Crippen molar-refractivity contribution >= 4 is 13.8 Å². The van der Waals surface area contributed by atoms with Gasteiger partial charge >= 0.3 is 0 Å². The zero-order valence-corrected chi connectivity index (χ0v) is 13.8. The van der Waals surface area contributed by atoms with Gasteiger partial charge in [-0.15, -0.1) is 0 Å². The van der Waals surface area contributed by atoms with Gasteiger partial charge in [-0.05, 0) is 38.5 Å². The van der Waals surface area contributed by atoms with Crippen molar-refractivity contribution in [3.8, 4) is 0 Å². The number of hydrogen-bond acceptors (Lipinski definition) is 0. The molecule has 0 N–H and O–H groups in total. The van der Waals surface area contributed by atoms with Crippen molar-refractivity contribution in [1.82, 2.24) is 0 Å². The molecule has 1 aliphatic heterocycles. The second kappa shape index (κ2) is 9.17. The second-order valence-corrected chi connectivity index (χ2v) is 9.18. The van der Waals surface area contributed by atoms with Crippen LogP contribution in [0.2, 0.25) is 0 Å². The van der Waals surface area contributed by atoms with Crippen LogP contribution in [-0.2, 0) is 0 Å². The van der Waals surface area contributed by atoms with Gasteiger partial charge in [0.05, 0.1) is 13.8 Å². The van der Waals surface area contributed by atoms with E-state index in [1.807, 2.05) is 0 Å². The first-order valence-corrected chi connectivity index (χ1v) is 10.7. The van der Waals surface area contributed by atoms with Crippen molar-refractivity contribution in [2.75, 3.05) is 6.16 Å². The molecule has 1 heteroatoms. The summed E-state index contributed by atoms with van der Waals surface area (Å²) >= 11 is 0. The minimum Gasteiger partial charge on any atom is -0.0533 e.